The molecule has 8 heteroatoms. The van der Waals surface area contributed by atoms with Crippen LogP contribution in [0.2, 0.25) is 5.02 Å². The van der Waals surface area contributed by atoms with Gasteiger partial charge in [-0.3, -0.25) is 19.5 Å². The molecule has 180 valence electrons. The van der Waals surface area contributed by atoms with Gasteiger partial charge >= 0.3 is 0 Å². The number of aryl methyl sites for hydroxylation is 1. The number of hydrogen-bond acceptors (Lipinski definition) is 5. The summed E-state index contributed by atoms with van der Waals surface area (Å²) in [4.78, 5) is 31.8. The minimum absolute atomic E-state index is 0.121. The third-order valence-corrected chi connectivity index (χ3v) is 5.90. The van der Waals surface area contributed by atoms with Gasteiger partial charge in [-0.15, -0.1) is 0 Å². The first kappa shape index (κ1) is 24.4. The van der Waals surface area contributed by atoms with E-state index in [9.17, 15) is 19.1 Å². The fourth-order valence-corrected chi connectivity index (χ4v) is 4.10. The van der Waals surface area contributed by atoms with Crippen LogP contribution in [0.3, 0.4) is 0 Å². The molecule has 1 aromatic heterocycles. The second-order valence-corrected chi connectivity index (χ2v) is 9.11. The van der Waals surface area contributed by atoms with E-state index in [4.69, 9.17) is 16.3 Å². The molecule has 1 N–H and O–H groups in total. The van der Waals surface area contributed by atoms with Crippen molar-refractivity contribution in [1.29, 1.82) is 0 Å². The van der Waals surface area contributed by atoms with Gasteiger partial charge in [-0.1, -0.05) is 31.5 Å². The third-order valence-electron chi connectivity index (χ3n) is 5.61. The molecule has 1 unspecified atom stereocenters. The third kappa shape index (κ3) is 4.77. The lowest BCUT2D eigenvalue weighted by molar-refractivity contribution is -0.132. The van der Waals surface area contributed by atoms with E-state index in [2.05, 4.69) is 4.98 Å². The lowest BCUT2D eigenvalue weighted by Gasteiger charge is -2.24. The molecule has 1 fully saturated rings. The summed E-state index contributed by atoms with van der Waals surface area (Å²) in [6.07, 6.45) is 1.53. The quantitative estimate of drug-likeness (QED) is 0.264. The molecule has 1 atom stereocenters. The van der Waals surface area contributed by atoms with E-state index in [1.54, 1.807) is 36.4 Å². The van der Waals surface area contributed by atoms with Crippen molar-refractivity contribution in [2.24, 2.45) is 5.92 Å². The summed E-state index contributed by atoms with van der Waals surface area (Å²) >= 11 is 5.96. The fraction of sp³-hybridized carbons (Fsp3) is 0.222. The molecular weight excluding hydrogens is 471 g/mol. The van der Waals surface area contributed by atoms with Crippen molar-refractivity contribution in [3.05, 3.63) is 94.0 Å². The first-order valence-corrected chi connectivity index (χ1v) is 11.5. The van der Waals surface area contributed by atoms with Crippen molar-refractivity contribution in [3.8, 4) is 5.75 Å². The summed E-state index contributed by atoms with van der Waals surface area (Å²) in [6.45, 7) is 6.46. The van der Waals surface area contributed by atoms with E-state index in [0.29, 0.717) is 29.5 Å². The van der Waals surface area contributed by atoms with Gasteiger partial charge in [0.1, 0.15) is 23.4 Å². The number of anilines is 1. The molecule has 0 spiro atoms. The highest BCUT2D eigenvalue weighted by Crippen LogP contribution is 2.42. The number of Topliss-reactive ketones (excluding diaryl/α,β-unsaturated/α-hetero) is 1. The fourth-order valence-electron chi connectivity index (χ4n) is 3.92. The Morgan fingerprint density at radius 2 is 1.94 bits per heavy atom. The number of aliphatic hydroxyl groups is 1. The molecule has 4 rings (SSSR count). The van der Waals surface area contributed by atoms with Gasteiger partial charge in [0.05, 0.1) is 22.9 Å². The molecule has 0 aliphatic carbocycles. The first-order chi connectivity index (χ1) is 16.7. The van der Waals surface area contributed by atoms with Gasteiger partial charge in [-0.25, -0.2) is 4.39 Å². The number of aliphatic hydroxyl groups excluding tert-OH is 1. The van der Waals surface area contributed by atoms with Crippen LogP contribution in [0.1, 0.15) is 36.7 Å². The van der Waals surface area contributed by atoms with Crippen LogP contribution < -0.4 is 9.64 Å². The van der Waals surface area contributed by atoms with Crippen LogP contribution in [0.5, 0.6) is 5.75 Å². The van der Waals surface area contributed by atoms with Crippen LogP contribution in [0.15, 0.2) is 66.4 Å². The zero-order chi connectivity index (χ0) is 25.3. The number of hydrogen-bond donors (Lipinski definition) is 1. The van der Waals surface area contributed by atoms with E-state index >= 15 is 0 Å². The number of carbonyl (C=O) groups excluding carboxylic acids is 2. The van der Waals surface area contributed by atoms with Gasteiger partial charge in [0, 0.05) is 17.4 Å². The molecule has 35 heavy (non-hydrogen) atoms. The van der Waals surface area contributed by atoms with E-state index in [1.807, 2.05) is 20.8 Å². The summed E-state index contributed by atoms with van der Waals surface area (Å²) in [5.74, 6) is -1.74. The lowest BCUT2D eigenvalue weighted by atomic mass is 9.97. The predicted molar refractivity (Wildman–Crippen MR) is 132 cm³/mol. The highest BCUT2D eigenvalue weighted by molar-refractivity contribution is 6.51. The van der Waals surface area contributed by atoms with E-state index in [-0.39, 0.29) is 22.0 Å². The average molecular weight is 495 g/mol. The molecule has 2 heterocycles. The molecule has 2 aromatic carbocycles. The van der Waals surface area contributed by atoms with Crippen molar-refractivity contribution in [2.45, 2.75) is 26.8 Å². The molecule has 6 nitrogen and oxygen atoms in total. The van der Waals surface area contributed by atoms with Gasteiger partial charge in [0.25, 0.3) is 11.7 Å². The number of amides is 1. The SMILES string of the molecule is Cc1cc(/C(O)=C2\C(=O)C(=O)N(c3ccc(F)c(Cl)c3)C2c2ccccn2)ccc1OCC(C)C. The van der Waals surface area contributed by atoms with Crippen molar-refractivity contribution >= 4 is 34.7 Å². The standard InChI is InChI=1S/C27H24ClFN2O4/c1-15(2)14-35-22-10-7-17(12-16(22)3)25(32)23-24(21-6-4-5-11-30-21)31(27(34)26(23)33)18-8-9-20(29)19(28)13-18/h4-13,15,24,32H,14H2,1-3H3/b25-23+. The number of pyridine rings is 1. The predicted octanol–water partition coefficient (Wildman–Crippen LogP) is 5.84. The molecule has 1 aliphatic rings. The Labute approximate surface area is 207 Å². The topological polar surface area (TPSA) is 79.7 Å². The monoisotopic (exact) mass is 494 g/mol. The highest BCUT2D eigenvalue weighted by atomic mass is 35.5. The summed E-state index contributed by atoms with van der Waals surface area (Å²) in [5.41, 5.74) is 1.58. The first-order valence-electron chi connectivity index (χ1n) is 11.1. The maximum absolute atomic E-state index is 13.8. The molecule has 0 bridgehead atoms. The Morgan fingerprint density at radius 1 is 1.17 bits per heavy atom. The average Bonchev–Trinajstić information content (AvgIpc) is 3.10. The summed E-state index contributed by atoms with van der Waals surface area (Å²) < 4.78 is 19.6. The number of nitrogens with zero attached hydrogens (tertiary/aromatic N) is 2. The van der Waals surface area contributed by atoms with Crippen molar-refractivity contribution < 1.29 is 23.8 Å². The number of halogens is 2. The Hall–Kier alpha value is -3.71. The summed E-state index contributed by atoms with van der Waals surface area (Å²) in [5, 5.41) is 11.1. The number of ketones is 1. The van der Waals surface area contributed by atoms with E-state index in [1.165, 1.54) is 23.2 Å². The Bertz CT molecular complexity index is 1320. The number of carbonyl (C=O) groups is 2. The number of aromatic nitrogens is 1. The molecule has 1 saturated heterocycles. The zero-order valence-corrected chi connectivity index (χ0v) is 20.2. The van der Waals surface area contributed by atoms with Gasteiger partial charge in [-0.2, -0.15) is 0 Å². The number of ether oxygens (including phenoxy) is 1. The second-order valence-electron chi connectivity index (χ2n) is 8.71. The van der Waals surface area contributed by atoms with Crippen LogP contribution in [0.4, 0.5) is 10.1 Å². The van der Waals surface area contributed by atoms with Gasteiger partial charge in [0.15, 0.2) is 0 Å². The van der Waals surface area contributed by atoms with E-state index < -0.39 is 23.5 Å². The van der Waals surface area contributed by atoms with Crippen molar-refractivity contribution in [3.63, 3.8) is 0 Å². The minimum Gasteiger partial charge on any atom is -0.507 e. The summed E-state index contributed by atoms with van der Waals surface area (Å²) in [7, 11) is 0. The van der Waals surface area contributed by atoms with Crippen LogP contribution in [0.25, 0.3) is 5.76 Å². The van der Waals surface area contributed by atoms with Crippen LogP contribution >= 0.6 is 11.6 Å². The maximum atomic E-state index is 13.8. The largest absolute Gasteiger partial charge is 0.507 e. The Morgan fingerprint density at radius 3 is 2.57 bits per heavy atom. The molecule has 0 radical (unpaired) electrons. The van der Waals surface area contributed by atoms with Gasteiger partial charge in [-0.05, 0) is 66.9 Å². The van der Waals surface area contributed by atoms with Crippen LogP contribution in [-0.2, 0) is 9.59 Å². The number of benzene rings is 2. The van der Waals surface area contributed by atoms with Gasteiger partial charge in [0.2, 0.25) is 0 Å². The molecular formula is C27H24ClFN2O4. The molecule has 3 aromatic rings. The number of rotatable bonds is 6. The summed E-state index contributed by atoms with van der Waals surface area (Å²) in [6, 6.07) is 12.8. The zero-order valence-electron chi connectivity index (χ0n) is 19.5. The smallest absolute Gasteiger partial charge is 0.300 e. The van der Waals surface area contributed by atoms with E-state index in [0.717, 1.165) is 11.6 Å². The minimum atomic E-state index is -1.03. The van der Waals surface area contributed by atoms with Crippen LogP contribution in [0, 0.1) is 18.7 Å². The van der Waals surface area contributed by atoms with Crippen molar-refractivity contribution in [2.75, 3.05) is 11.5 Å². The Kier molecular flexibility index (Phi) is 6.89. The van der Waals surface area contributed by atoms with Crippen molar-refractivity contribution in [1.82, 2.24) is 4.98 Å². The molecule has 0 saturated carbocycles. The second kappa shape index (κ2) is 9.88. The molecule has 1 amide bonds. The molecule has 1 aliphatic heterocycles. The lowest BCUT2D eigenvalue weighted by Crippen LogP contribution is -2.29. The van der Waals surface area contributed by atoms with Crippen LogP contribution in [-0.4, -0.2) is 28.4 Å². The Balaban J connectivity index is 1.84. The normalized spacial score (nSPS) is 17.3. The highest BCUT2D eigenvalue weighted by Gasteiger charge is 2.47. The maximum Gasteiger partial charge on any atom is 0.300 e. The van der Waals surface area contributed by atoms with Gasteiger partial charge < -0.3 is 9.84 Å².